The third kappa shape index (κ3) is 5.18. The first kappa shape index (κ1) is 29.7. The van der Waals surface area contributed by atoms with E-state index >= 15 is 0 Å². The first-order chi connectivity index (χ1) is 20.8. The lowest BCUT2D eigenvalue weighted by atomic mass is 9.95. The van der Waals surface area contributed by atoms with Crippen LogP contribution in [0.15, 0.2) is 34.7 Å². The van der Waals surface area contributed by atoms with Crippen molar-refractivity contribution in [3.8, 4) is 0 Å². The van der Waals surface area contributed by atoms with Gasteiger partial charge in [-0.05, 0) is 44.0 Å². The summed E-state index contributed by atoms with van der Waals surface area (Å²) >= 11 is 6.67. The van der Waals surface area contributed by atoms with Gasteiger partial charge in [-0.3, -0.25) is 19.4 Å². The fraction of sp³-hybridized carbons (Fsp3) is 0.429. The molecule has 2 fully saturated rings. The lowest BCUT2D eigenvalue weighted by molar-refractivity contribution is -0.137. The summed E-state index contributed by atoms with van der Waals surface area (Å²) in [5.74, 6) is -1.65. The van der Waals surface area contributed by atoms with Crippen molar-refractivity contribution in [2.45, 2.75) is 51.0 Å². The van der Waals surface area contributed by atoms with E-state index in [4.69, 9.17) is 16.0 Å². The van der Waals surface area contributed by atoms with Crippen LogP contribution in [0.2, 0.25) is 5.02 Å². The molecule has 0 radical (unpaired) electrons. The second-order valence-electron chi connectivity index (χ2n) is 11.1. The Morgan fingerprint density at radius 2 is 1.98 bits per heavy atom. The summed E-state index contributed by atoms with van der Waals surface area (Å²) in [7, 11) is 1.51. The van der Waals surface area contributed by atoms with E-state index in [0.717, 1.165) is 17.0 Å². The number of likely N-dealkylation sites (tertiary alicyclic amines) is 1. The molecule has 5 heterocycles. The van der Waals surface area contributed by atoms with Crippen LogP contribution < -0.4 is 14.7 Å². The number of pyridine rings is 1. The average molecular weight is 634 g/mol. The van der Waals surface area contributed by atoms with Gasteiger partial charge >= 0.3 is 12.3 Å². The van der Waals surface area contributed by atoms with Crippen LogP contribution in [-0.4, -0.2) is 69.3 Å². The van der Waals surface area contributed by atoms with Crippen LogP contribution in [0.3, 0.4) is 0 Å². The molecule has 12 nitrogen and oxygen atoms in total. The molecular formula is C28H27ClF3N7O5. The zero-order valence-electron chi connectivity index (χ0n) is 23.6. The highest BCUT2D eigenvalue weighted by atomic mass is 35.5. The number of amides is 3. The van der Waals surface area contributed by atoms with Gasteiger partial charge in [-0.2, -0.15) is 13.2 Å². The largest absolute Gasteiger partial charge is 0.465 e. The molecule has 0 unspecified atom stereocenters. The SMILES string of the molecule is Cc1cc(C(F)(F)F)cc(N2C(=O)C[C@@H]3CN(Cc4nnc([C@H]5CCCN5C(=O)O)o4)c4c(Cl)cccc4N(C)C(=O)[C@H]32)n1. The van der Waals surface area contributed by atoms with Crippen molar-refractivity contribution in [1.82, 2.24) is 20.1 Å². The summed E-state index contributed by atoms with van der Waals surface area (Å²) in [5, 5.41) is 18.1. The van der Waals surface area contributed by atoms with E-state index < -0.39 is 47.6 Å². The average Bonchev–Trinajstić information content (AvgIpc) is 3.69. The monoisotopic (exact) mass is 633 g/mol. The van der Waals surface area contributed by atoms with Gasteiger partial charge < -0.3 is 19.3 Å². The molecule has 0 bridgehead atoms. The second kappa shape index (κ2) is 10.9. The number of carboxylic acid groups (broad SMARTS) is 1. The third-order valence-corrected chi connectivity index (χ3v) is 8.52. The first-order valence-electron chi connectivity index (χ1n) is 13.8. The molecule has 232 valence electrons. The van der Waals surface area contributed by atoms with Crippen LogP contribution in [0, 0.1) is 12.8 Å². The number of rotatable bonds is 4. The number of anilines is 3. The molecule has 1 aromatic carbocycles. The Labute approximate surface area is 254 Å². The number of carbonyl (C=O) groups is 3. The molecule has 3 atom stereocenters. The maximum Gasteiger partial charge on any atom is 0.416 e. The van der Waals surface area contributed by atoms with E-state index in [1.165, 1.54) is 23.8 Å². The summed E-state index contributed by atoms with van der Waals surface area (Å²) < 4.78 is 46.9. The number of carbonyl (C=O) groups excluding carboxylic acids is 2. The zero-order valence-corrected chi connectivity index (χ0v) is 24.3. The van der Waals surface area contributed by atoms with E-state index in [2.05, 4.69) is 15.2 Å². The van der Waals surface area contributed by atoms with Crippen molar-refractivity contribution in [3.05, 3.63) is 58.4 Å². The molecule has 3 aliphatic heterocycles. The van der Waals surface area contributed by atoms with Crippen LogP contribution in [0.25, 0.3) is 0 Å². The molecular weight excluding hydrogens is 607 g/mol. The minimum absolute atomic E-state index is 0.00385. The maximum absolute atomic E-state index is 14.0. The van der Waals surface area contributed by atoms with Crippen LogP contribution >= 0.6 is 11.6 Å². The molecule has 3 aromatic rings. The normalized spacial score (nSPS) is 22.3. The number of hydrogen-bond acceptors (Lipinski definition) is 8. The van der Waals surface area contributed by atoms with Gasteiger partial charge in [0.15, 0.2) is 0 Å². The fourth-order valence-electron chi connectivity index (χ4n) is 6.29. The second-order valence-corrected chi connectivity index (χ2v) is 11.5. The van der Waals surface area contributed by atoms with Gasteiger partial charge in [-0.25, -0.2) is 9.78 Å². The van der Waals surface area contributed by atoms with Crippen molar-refractivity contribution >= 4 is 46.7 Å². The van der Waals surface area contributed by atoms with Crippen LogP contribution in [0.4, 0.5) is 35.2 Å². The van der Waals surface area contributed by atoms with Gasteiger partial charge in [0.05, 0.1) is 28.5 Å². The summed E-state index contributed by atoms with van der Waals surface area (Å²) in [4.78, 5) is 48.7. The van der Waals surface area contributed by atoms with Crippen LogP contribution in [-0.2, 0) is 22.3 Å². The van der Waals surface area contributed by atoms with E-state index in [0.29, 0.717) is 35.8 Å². The number of nitrogens with zero attached hydrogens (tertiary/aromatic N) is 7. The van der Waals surface area contributed by atoms with Crippen molar-refractivity contribution in [2.75, 3.05) is 34.8 Å². The van der Waals surface area contributed by atoms with Crippen molar-refractivity contribution in [1.29, 1.82) is 0 Å². The molecule has 44 heavy (non-hydrogen) atoms. The molecule has 6 rings (SSSR count). The lowest BCUT2D eigenvalue weighted by Gasteiger charge is -2.38. The molecule has 3 aliphatic rings. The fourth-order valence-corrected chi connectivity index (χ4v) is 6.58. The minimum atomic E-state index is -4.68. The molecule has 0 saturated carbocycles. The third-order valence-electron chi connectivity index (χ3n) is 8.22. The number of likely N-dealkylation sites (N-methyl/N-ethyl adjacent to an activating group) is 1. The Morgan fingerprint density at radius 1 is 1.20 bits per heavy atom. The highest BCUT2D eigenvalue weighted by Crippen LogP contribution is 2.43. The molecule has 0 spiro atoms. The lowest BCUT2D eigenvalue weighted by Crippen LogP contribution is -2.52. The quantitative estimate of drug-likeness (QED) is 0.435. The highest BCUT2D eigenvalue weighted by Gasteiger charge is 2.49. The molecule has 3 amide bonds. The molecule has 2 aromatic heterocycles. The van der Waals surface area contributed by atoms with Gasteiger partial charge in [-0.15, -0.1) is 10.2 Å². The summed E-state index contributed by atoms with van der Waals surface area (Å²) in [5.41, 5.74) is -0.0545. The van der Waals surface area contributed by atoms with Gasteiger partial charge in [0.1, 0.15) is 17.9 Å². The number of benzene rings is 1. The topological polar surface area (TPSA) is 136 Å². The van der Waals surface area contributed by atoms with Gasteiger partial charge in [0.2, 0.25) is 23.6 Å². The van der Waals surface area contributed by atoms with Crippen LogP contribution in [0.5, 0.6) is 0 Å². The van der Waals surface area contributed by atoms with E-state index in [9.17, 15) is 32.7 Å². The summed E-state index contributed by atoms with van der Waals surface area (Å²) in [6.45, 7) is 1.83. The Bertz CT molecular complexity index is 1650. The predicted octanol–water partition coefficient (Wildman–Crippen LogP) is 4.66. The number of alkyl halides is 3. The number of hydrogen-bond donors (Lipinski definition) is 1. The standard InChI is InChI=1S/C28H27ClF3N7O5/c1-14-9-16(28(30,31)32)11-20(33-14)39-22(40)10-15-12-37(24-17(29)5-3-6-18(24)36(2)26(41)23(15)39)13-21-34-35-25(44-21)19-7-4-8-38(19)27(42)43/h3,5-6,9,11,15,19,23H,4,7-8,10,12-13H2,1-2H3,(H,42,43)/t15-,19-,23+/m1/s1. The minimum Gasteiger partial charge on any atom is -0.465 e. The van der Waals surface area contributed by atoms with Gasteiger partial charge in [0.25, 0.3) is 0 Å². The van der Waals surface area contributed by atoms with Gasteiger partial charge in [0, 0.05) is 38.2 Å². The van der Waals surface area contributed by atoms with Crippen molar-refractivity contribution in [3.63, 3.8) is 0 Å². The first-order valence-corrected chi connectivity index (χ1v) is 14.2. The van der Waals surface area contributed by atoms with E-state index in [1.54, 1.807) is 23.1 Å². The smallest absolute Gasteiger partial charge is 0.416 e. The molecule has 1 N–H and O–H groups in total. The van der Waals surface area contributed by atoms with E-state index in [1.807, 2.05) is 0 Å². The number of para-hydroxylation sites is 1. The zero-order chi connectivity index (χ0) is 31.5. The van der Waals surface area contributed by atoms with Gasteiger partial charge in [-0.1, -0.05) is 17.7 Å². The Balaban J connectivity index is 1.38. The van der Waals surface area contributed by atoms with Crippen LogP contribution in [0.1, 0.15) is 48.3 Å². The number of fused-ring (bicyclic) bond motifs is 2. The number of aryl methyl sites for hydroxylation is 1. The number of aromatic nitrogens is 3. The number of halogens is 4. The highest BCUT2D eigenvalue weighted by molar-refractivity contribution is 6.34. The maximum atomic E-state index is 14.0. The molecule has 16 heteroatoms. The summed E-state index contributed by atoms with van der Waals surface area (Å²) in [6, 6.07) is 4.91. The Kier molecular flexibility index (Phi) is 7.38. The van der Waals surface area contributed by atoms with Crippen molar-refractivity contribution in [2.24, 2.45) is 5.92 Å². The molecule has 2 saturated heterocycles. The predicted molar refractivity (Wildman–Crippen MR) is 150 cm³/mol. The van der Waals surface area contributed by atoms with E-state index in [-0.39, 0.29) is 42.8 Å². The summed E-state index contributed by atoms with van der Waals surface area (Å²) in [6.07, 6.45) is -4.72. The molecule has 0 aliphatic carbocycles. The van der Waals surface area contributed by atoms with Crippen molar-refractivity contribution < 1.29 is 37.1 Å². The Hall–Kier alpha value is -4.40. The Morgan fingerprint density at radius 3 is 2.70 bits per heavy atom.